The van der Waals surface area contributed by atoms with Gasteiger partial charge in [-0.25, -0.2) is 0 Å². The number of carbonyl (C=O) groups is 1. The Labute approximate surface area is 108 Å². The van der Waals surface area contributed by atoms with E-state index in [1.165, 1.54) is 0 Å². The second-order valence-electron chi connectivity index (χ2n) is 4.74. The lowest BCUT2D eigenvalue weighted by atomic mass is 10.0. The van der Waals surface area contributed by atoms with Gasteiger partial charge in [0.25, 0.3) is 0 Å². The molecule has 0 spiro atoms. The topological polar surface area (TPSA) is 80.9 Å². The van der Waals surface area contributed by atoms with Crippen molar-refractivity contribution in [3.8, 4) is 0 Å². The van der Waals surface area contributed by atoms with Crippen LogP contribution in [0.5, 0.6) is 0 Å². The molecule has 0 aliphatic carbocycles. The van der Waals surface area contributed by atoms with Gasteiger partial charge in [-0.1, -0.05) is 13.3 Å². The maximum atomic E-state index is 11.8. The Morgan fingerprint density at radius 3 is 2.83 bits per heavy atom. The highest BCUT2D eigenvalue weighted by molar-refractivity contribution is 5.78. The largest absolute Gasteiger partial charge is 0.350 e. The van der Waals surface area contributed by atoms with Crippen LogP contribution in [0, 0.1) is 5.92 Å². The summed E-state index contributed by atoms with van der Waals surface area (Å²) >= 11 is 0. The Bertz CT molecular complexity index is 353. The van der Waals surface area contributed by atoms with E-state index in [1.54, 1.807) is 12.3 Å². The highest BCUT2D eigenvalue weighted by Crippen LogP contribution is 2.09. The van der Waals surface area contributed by atoms with Crippen LogP contribution in [0.25, 0.3) is 0 Å². The fourth-order valence-electron chi connectivity index (χ4n) is 1.66. The standard InChI is InChI=1S/C13H22N4O/c1-10(5-3-6-11(2)14)13(18)15-9-12-7-4-8-16-17-12/h4,7-8,10-11H,3,5-6,9,14H2,1-2H3,(H,15,18). The van der Waals surface area contributed by atoms with Crippen molar-refractivity contribution in [2.24, 2.45) is 11.7 Å². The molecule has 0 bridgehead atoms. The average molecular weight is 250 g/mol. The Hall–Kier alpha value is -1.49. The van der Waals surface area contributed by atoms with Crippen LogP contribution in [0.2, 0.25) is 0 Å². The first-order valence-corrected chi connectivity index (χ1v) is 6.39. The molecule has 2 atom stereocenters. The molecule has 18 heavy (non-hydrogen) atoms. The van der Waals surface area contributed by atoms with Gasteiger partial charge < -0.3 is 11.1 Å². The van der Waals surface area contributed by atoms with Crippen LogP contribution in [0.3, 0.4) is 0 Å². The van der Waals surface area contributed by atoms with Gasteiger partial charge in [-0.15, -0.1) is 0 Å². The van der Waals surface area contributed by atoms with E-state index in [0.29, 0.717) is 6.54 Å². The van der Waals surface area contributed by atoms with Gasteiger partial charge in [0.2, 0.25) is 5.91 Å². The maximum absolute atomic E-state index is 11.8. The van der Waals surface area contributed by atoms with Crippen LogP contribution >= 0.6 is 0 Å². The zero-order chi connectivity index (χ0) is 13.4. The summed E-state index contributed by atoms with van der Waals surface area (Å²) in [5, 5.41) is 10.5. The van der Waals surface area contributed by atoms with Gasteiger partial charge in [0.1, 0.15) is 0 Å². The van der Waals surface area contributed by atoms with Crippen molar-refractivity contribution in [2.75, 3.05) is 0 Å². The molecule has 1 amide bonds. The first-order chi connectivity index (χ1) is 8.59. The third-order valence-electron chi connectivity index (χ3n) is 2.82. The van der Waals surface area contributed by atoms with E-state index < -0.39 is 0 Å². The van der Waals surface area contributed by atoms with Gasteiger partial charge in [-0.05, 0) is 31.9 Å². The summed E-state index contributed by atoms with van der Waals surface area (Å²) in [6.07, 6.45) is 4.43. The third kappa shape index (κ3) is 5.72. The molecule has 1 rings (SSSR count). The first-order valence-electron chi connectivity index (χ1n) is 6.39. The smallest absolute Gasteiger partial charge is 0.223 e. The molecule has 5 nitrogen and oxygen atoms in total. The molecular formula is C13H22N4O. The van der Waals surface area contributed by atoms with Crippen LogP contribution < -0.4 is 11.1 Å². The predicted molar refractivity (Wildman–Crippen MR) is 70.5 cm³/mol. The number of aromatic nitrogens is 2. The molecule has 1 heterocycles. The summed E-state index contributed by atoms with van der Waals surface area (Å²) in [4.78, 5) is 11.8. The Morgan fingerprint density at radius 1 is 1.44 bits per heavy atom. The van der Waals surface area contributed by atoms with E-state index in [9.17, 15) is 4.79 Å². The number of hydrogen-bond acceptors (Lipinski definition) is 4. The fraction of sp³-hybridized carbons (Fsp3) is 0.615. The van der Waals surface area contributed by atoms with Gasteiger partial charge in [0, 0.05) is 18.2 Å². The van der Waals surface area contributed by atoms with Crippen LogP contribution in [-0.2, 0) is 11.3 Å². The summed E-state index contributed by atoms with van der Waals surface area (Å²) in [5.74, 6) is 0.0748. The zero-order valence-electron chi connectivity index (χ0n) is 11.1. The summed E-state index contributed by atoms with van der Waals surface area (Å²) in [6, 6.07) is 3.86. The molecule has 5 heteroatoms. The highest BCUT2D eigenvalue weighted by atomic mass is 16.1. The van der Waals surface area contributed by atoms with E-state index in [4.69, 9.17) is 5.73 Å². The highest BCUT2D eigenvalue weighted by Gasteiger charge is 2.12. The van der Waals surface area contributed by atoms with E-state index >= 15 is 0 Å². The van der Waals surface area contributed by atoms with E-state index in [-0.39, 0.29) is 17.9 Å². The van der Waals surface area contributed by atoms with Crippen LogP contribution in [-0.4, -0.2) is 22.1 Å². The molecule has 0 radical (unpaired) electrons. The van der Waals surface area contributed by atoms with Gasteiger partial charge in [-0.3, -0.25) is 4.79 Å². The molecule has 0 aliphatic rings. The van der Waals surface area contributed by atoms with Crippen molar-refractivity contribution in [2.45, 2.75) is 45.7 Å². The quantitative estimate of drug-likeness (QED) is 0.763. The number of amides is 1. The van der Waals surface area contributed by atoms with Crippen LogP contribution in [0.15, 0.2) is 18.3 Å². The summed E-state index contributed by atoms with van der Waals surface area (Å²) < 4.78 is 0. The van der Waals surface area contributed by atoms with E-state index in [2.05, 4.69) is 15.5 Å². The molecular weight excluding hydrogens is 228 g/mol. The predicted octanol–water partition coefficient (Wildman–Crippen LogP) is 1.25. The Kier molecular flexibility index (Phi) is 6.28. The van der Waals surface area contributed by atoms with Crippen LogP contribution in [0.1, 0.15) is 38.8 Å². The fourth-order valence-corrected chi connectivity index (χ4v) is 1.66. The molecule has 0 aromatic carbocycles. The van der Waals surface area contributed by atoms with Crippen molar-refractivity contribution in [3.63, 3.8) is 0 Å². The van der Waals surface area contributed by atoms with Crippen molar-refractivity contribution in [3.05, 3.63) is 24.0 Å². The molecule has 0 aliphatic heterocycles. The van der Waals surface area contributed by atoms with Crippen molar-refractivity contribution in [1.82, 2.24) is 15.5 Å². The average Bonchev–Trinajstić information content (AvgIpc) is 2.36. The summed E-state index contributed by atoms with van der Waals surface area (Å²) in [5.41, 5.74) is 6.45. The molecule has 0 saturated heterocycles. The first kappa shape index (κ1) is 14.6. The molecule has 2 unspecified atom stereocenters. The minimum Gasteiger partial charge on any atom is -0.350 e. The number of nitrogens with two attached hydrogens (primary N) is 1. The monoisotopic (exact) mass is 250 g/mol. The normalized spacial score (nSPS) is 13.9. The van der Waals surface area contributed by atoms with E-state index in [1.807, 2.05) is 19.9 Å². The maximum Gasteiger partial charge on any atom is 0.223 e. The molecule has 0 fully saturated rings. The zero-order valence-corrected chi connectivity index (χ0v) is 11.1. The van der Waals surface area contributed by atoms with Gasteiger partial charge in [0.15, 0.2) is 0 Å². The number of carbonyl (C=O) groups excluding carboxylic acids is 1. The van der Waals surface area contributed by atoms with Crippen molar-refractivity contribution >= 4 is 5.91 Å². The summed E-state index contributed by atoms with van der Waals surface area (Å²) in [6.45, 7) is 4.36. The van der Waals surface area contributed by atoms with Gasteiger partial charge >= 0.3 is 0 Å². The Balaban J connectivity index is 2.23. The third-order valence-corrected chi connectivity index (χ3v) is 2.82. The van der Waals surface area contributed by atoms with Crippen molar-refractivity contribution in [1.29, 1.82) is 0 Å². The van der Waals surface area contributed by atoms with Crippen LogP contribution in [0.4, 0.5) is 0 Å². The van der Waals surface area contributed by atoms with Crippen molar-refractivity contribution < 1.29 is 4.79 Å². The molecule has 3 N–H and O–H groups in total. The van der Waals surface area contributed by atoms with Gasteiger partial charge in [0.05, 0.1) is 12.2 Å². The SMILES string of the molecule is CC(N)CCCC(C)C(=O)NCc1cccnn1. The number of rotatable bonds is 7. The van der Waals surface area contributed by atoms with Gasteiger partial charge in [-0.2, -0.15) is 10.2 Å². The minimum absolute atomic E-state index is 0.0143. The summed E-state index contributed by atoms with van der Waals surface area (Å²) in [7, 11) is 0. The molecule has 100 valence electrons. The number of nitrogens with one attached hydrogen (secondary N) is 1. The molecule has 1 aromatic heterocycles. The lowest BCUT2D eigenvalue weighted by Gasteiger charge is -2.12. The molecule has 1 aromatic rings. The lowest BCUT2D eigenvalue weighted by molar-refractivity contribution is -0.124. The lowest BCUT2D eigenvalue weighted by Crippen LogP contribution is -2.29. The molecule has 0 saturated carbocycles. The minimum atomic E-state index is 0.0143. The number of nitrogens with zero attached hydrogens (tertiary/aromatic N) is 2. The number of hydrogen-bond donors (Lipinski definition) is 2. The second kappa shape index (κ2) is 7.76. The van der Waals surface area contributed by atoms with E-state index in [0.717, 1.165) is 25.0 Å². The second-order valence-corrected chi connectivity index (χ2v) is 4.74. The Morgan fingerprint density at radius 2 is 2.22 bits per heavy atom.